The summed E-state index contributed by atoms with van der Waals surface area (Å²) in [4.78, 5) is 23.0. The zero-order valence-corrected chi connectivity index (χ0v) is 10.00. The normalized spacial score (nSPS) is 23.1. The minimum Gasteiger partial charge on any atom is -0.388 e. The van der Waals surface area contributed by atoms with E-state index in [2.05, 4.69) is 0 Å². The summed E-state index contributed by atoms with van der Waals surface area (Å²) in [5, 5.41) is 20.5. The number of nitro groups is 1. The summed E-state index contributed by atoms with van der Waals surface area (Å²) in [6.07, 6.45) is 1.22. The molecule has 0 aliphatic carbocycles. The number of non-ortho nitro benzene ring substituents is 1. The van der Waals surface area contributed by atoms with Gasteiger partial charge in [0.2, 0.25) is 0 Å². The van der Waals surface area contributed by atoms with Crippen LogP contribution in [0.5, 0.6) is 0 Å². The highest BCUT2D eigenvalue weighted by atomic mass is 16.6. The first-order chi connectivity index (χ1) is 8.43. The summed E-state index contributed by atoms with van der Waals surface area (Å²) in [6, 6.07) is 4.19. The van der Waals surface area contributed by atoms with Crippen LogP contribution >= 0.6 is 0 Å². The van der Waals surface area contributed by atoms with Crippen molar-refractivity contribution in [2.45, 2.75) is 18.9 Å². The lowest BCUT2D eigenvalue weighted by Gasteiger charge is -2.22. The second-order valence-corrected chi connectivity index (χ2v) is 4.79. The minimum atomic E-state index is -0.776. The fraction of sp³-hybridized carbons (Fsp3) is 0.417. The fourth-order valence-electron chi connectivity index (χ4n) is 2.19. The third-order valence-electron chi connectivity index (χ3n) is 3.14. The lowest BCUT2D eigenvalue weighted by Crippen LogP contribution is -2.30. The number of nitrogens with zero attached hydrogens (tertiary/aromatic N) is 2. The molecule has 1 aromatic carbocycles. The number of carbonyl (C=O) groups excluding carboxylic acids is 1. The number of hydrogen-bond acceptors (Lipinski definition) is 5. The molecule has 1 fully saturated rings. The van der Waals surface area contributed by atoms with Gasteiger partial charge in [-0.2, -0.15) is 0 Å². The van der Waals surface area contributed by atoms with Crippen molar-refractivity contribution in [3.05, 3.63) is 33.9 Å². The van der Waals surface area contributed by atoms with Crippen LogP contribution in [0, 0.1) is 10.1 Å². The number of aldehydes is 1. The average Bonchev–Trinajstić information content (AvgIpc) is 2.68. The third kappa shape index (κ3) is 2.33. The predicted octanol–water partition coefficient (Wildman–Crippen LogP) is 1.37. The largest absolute Gasteiger partial charge is 0.388 e. The van der Waals surface area contributed by atoms with Crippen molar-refractivity contribution in [3.63, 3.8) is 0 Å². The van der Waals surface area contributed by atoms with Crippen molar-refractivity contribution < 1.29 is 14.8 Å². The third-order valence-corrected chi connectivity index (χ3v) is 3.14. The van der Waals surface area contributed by atoms with E-state index in [1.165, 1.54) is 12.1 Å². The van der Waals surface area contributed by atoms with Gasteiger partial charge in [-0.05, 0) is 19.4 Å². The molecule has 1 N–H and O–H groups in total. The summed E-state index contributed by atoms with van der Waals surface area (Å²) in [5.74, 6) is 0. The fourth-order valence-corrected chi connectivity index (χ4v) is 2.19. The molecule has 0 bridgehead atoms. The van der Waals surface area contributed by atoms with Gasteiger partial charge in [0.25, 0.3) is 5.69 Å². The number of nitro benzene ring substituents is 1. The molecule has 1 unspecified atom stereocenters. The molecule has 96 valence electrons. The Hall–Kier alpha value is -1.95. The molecule has 0 aromatic heterocycles. The van der Waals surface area contributed by atoms with Crippen LogP contribution in [0.2, 0.25) is 0 Å². The van der Waals surface area contributed by atoms with E-state index in [0.29, 0.717) is 31.5 Å². The highest BCUT2D eigenvalue weighted by Crippen LogP contribution is 2.30. The number of β-amino-alcohol motifs (C(OH)–C–C–N with tert-alkyl or cyclic N) is 1. The summed E-state index contributed by atoms with van der Waals surface area (Å²) in [5.41, 5.74) is 0.0316. The van der Waals surface area contributed by atoms with E-state index in [-0.39, 0.29) is 11.3 Å². The number of carbonyl (C=O) groups is 1. The van der Waals surface area contributed by atoms with Crippen molar-refractivity contribution in [2.75, 3.05) is 18.0 Å². The number of rotatable bonds is 3. The number of aliphatic hydroxyl groups is 1. The first kappa shape index (κ1) is 12.5. The van der Waals surface area contributed by atoms with E-state index in [1.807, 2.05) is 4.90 Å². The van der Waals surface area contributed by atoms with Gasteiger partial charge in [0.1, 0.15) is 0 Å². The first-order valence-electron chi connectivity index (χ1n) is 5.64. The van der Waals surface area contributed by atoms with E-state index in [0.717, 1.165) is 0 Å². The lowest BCUT2D eigenvalue weighted by molar-refractivity contribution is -0.384. The molecule has 1 aromatic rings. The topological polar surface area (TPSA) is 83.7 Å². The van der Waals surface area contributed by atoms with E-state index in [1.54, 1.807) is 13.0 Å². The van der Waals surface area contributed by atoms with E-state index in [4.69, 9.17) is 0 Å². The summed E-state index contributed by atoms with van der Waals surface area (Å²) in [7, 11) is 0. The highest BCUT2D eigenvalue weighted by Gasteiger charge is 2.32. The van der Waals surface area contributed by atoms with Crippen molar-refractivity contribution >= 4 is 17.7 Å². The second kappa shape index (κ2) is 4.38. The Morgan fingerprint density at radius 3 is 2.78 bits per heavy atom. The lowest BCUT2D eigenvalue weighted by atomic mass is 10.1. The molecule has 1 atom stereocenters. The van der Waals surface area contributed by atoms with Crippen molar-refractivity contribution in [2.24, 2.45) is 0 Å². The average molecular weight is 250 g/mol. The van der Waals surface area contributed by atoms with Gasteiger partial charge in [-0.15, -0.1) is 0 Å². The van der Waals surface area contributed by atoms with E-state index >= 15 is 0 Å². The van der Waals surface area contributed by atoms with Gasteiger partial charge in [0.15, 0.2) is 6.29 Å². The SMILES string of the molecule is CC1(O)CCN(c2ccc([N+](=O)[O-])cc2C=O)C1. The Balaban J connectivity index is 2.34. The Kier molecular flexibility index (Phi) is 3.04. The maximum absolute atomic E-state index is 11.0. The van der Waals surface area contributed by atoms with Crippen molar-refractivity contribution in [1.82, 2.24) is 0 Å². The summed E-state index contributed by atoms with van der Waals surface area (Å²) in [6.45, 7) is 2.79. The molecule has 18 heavy (non-hydrogen) atoms. The molecule has 0 radical (unpaired) electrons. The standard InChI is InChI=1S/C12H14N2O4/c1-12(16)4-5-13(8-12)11-3-2-10(14(17)18)6-9(11)7-15/h2-3,6-7,16H,4-5,8H2,1H3. The van der Waals surface area contributed by atoms with Crippen LogP contribution < -0.4 is 4.90 Å². The molecule has 1 heterocycles. The molecule has 2 rings (SSSR count). The van der Waals surface area contributed by atoms with E-state index < -0.39 is 10.5 Å². The van der Waals surface area contributed by atoms with Crippen LogP contribution in [-0.4, -0.2) is 35.0 Å². The van der Waals surface area contributed by atoms with Gasteiger partial charge in [0.05, 0.1) is 10.5 Å². The quantitative estimate of drug-likeness (QED) is 0.497. The molecule has 6 heteroatoms. The smallest absolute Gasteiger partial charge is 0.270 e. The van der Waals surface area contributed by atoms with Crippen LogP contribution in [0.25, 0.3) is 0 Å². The molecule has 1 saturated heterocycles. The number of hydrogen-bond donors (Lipinski definition) is 1. The molecular formula is C12H14N2O4. The van der Waals surface area contributed by atoms with Gasteiger partial charge in [-0.1, -0.05) is 0 Å². The monoisotopic (exact) mass is 250 g/mol. The molecule has 6 nitrogen and oxygen atoms in total. The van der Waals surface area contributed by atoms with Crippen LogP contribution in [0.15, 0.2) is 18.2 Å². The molecule has 0 spiro atoms. The van der Waals surface area contributed by atoms with Crippen LogP contribution in [0.3, 0.4) is 0 Å². The van der Waals surface area contributed by atoms with Gasteiger partial charge in [-0.25, -0.2) is 0 Å². The maximum Gasteiger partial charge on any atom is 0.270 e. The first-order valence-corrected chi connectivity index (χ1v) is 5.64. The summed E-state index contributed by atoms with van der Waals surface area (Å²) < 4.78 is 0. The Bertz CT molecular complexity index is 499. The molecule has 0 amide bonds. The highest BCUT2D eigenvalue weighted by molar-refractivity contribution is 5.86. The molecular weight excluding hydrogens is 236 g/mol. The van der Waals surface area contributed by atoms with Gasteiger partial charge in [0, 0.05) is 36.5 Å². The summed E-state index contributed by atoms with van der Waals surface area (Å²) >= 11 is 0. The molecule has 1 aliphatic heterocycles. The van der Waals surface area contributed by atoms with E-state index in [9.17, 15) is 20.0 Å². The van der Waals surface area contributed by atoms with Crippen molar-refractivity contribution in [3.8, 4) is 0 Å². The minimum absolute atomic E-state index is 0.105. The van der Waals surface area contributed by atoms with Crippen LogP contribution in [0.4, 0.5) is 11.4 Å². The molecule has 0 saturated carbocycles. The Labute approximate surface area is 104 Å². The van der Waals surface area contributed by atoms with Crippen LogP contribution in [0.1, 0.15) is 23.7 Å². The second-order valence-electron chi connectivity index (χ2n) is 4.79. The number of benzene rings is 1. The van der Waals surface area contributed by atoms with Gasteiger partial charge < -0.3 is 10.0 Å². The maximum atomic E-state index is 11.0. The van der Waals surface area contributed by atoms with Gasteiger partial charge >= 0.3 is 0 Å². The van der Waals surface area contributed by atoms with Crippen molar-refractivity contribution in [1.29, 1.82) is 0 Å². The predicted molar refractivity (Wildman–Crippen MR) is 65.9 cm³/mol. The van der Waals surface area contributed by atoms with Crippen LogP contribution in [-0.2, 0) is 0 Å². The number of anilines is 1. The molecule has 1 aliphatic rings. The Morgan fingerprint density at radius 2 is 2.28 bits per heavy atom. The zero-order chi connectivity index (χ0) is 13.3. The Morgan fingerprint density at radius 1 is 1.56 bits per heavy atom. The zero-order valence-electron chi connectivity index (χ0n) is 10.00. The van der Waals surface area contributed by atoms with Gasteiger partial charge in [-0.3, -0.25) is 14.9 Å².